The van der Waals surface area contributed by atoms with Gasteiger partial charge in [-0.2, -0.15) is 0 Å². The van der Waals surface area contributed by atoms with E-state index in [9.17, 15) is 0 Å². The number of benzene rings is 9. The van der Waals surface area contributed by atoms with Gasteiger partial charge in [-0.1, -0.05) is 170 Å². The summed E-state index contributed by atoms with van der Waals surface area (Å²) in [4.78, 5) is 2.36. The number of anilines is 3. The number of fused-ring (bicyclic) bond motifs is 1. The van der Waals surface area contributed by atoms with Gasteiger partial charge in [0.15, 0.2) is 0 Å². The molecule has 0 aliphatic rings. The summed E-state index contributed by atoms with van der Waals surface area (Å²) in [7, 11) is 0. The second-order valence-corrected chi connectivity index (χ2v) is 13.4. The molecule has 0 heterocycles. The molecule has 1 nitrogen and oxygen atoms in total. The number of rotatable bonds is 8. The van der Waals surface area contributed by atoms with Crippen LogP contribution in [-0.4, -0.2) is 0 Å². The van der Waals surface area contributed by atoms with Crippen LogP contribution in [0, 0.1) is 0 Å². The molecule has 0 unspecified atom stereocenters. The Morgan fingerprint density at radius 2 is 0.623 bits per heavy atom. The minimum atomic E-state index is 1.10. The first-order valence-corrected chi connectivity index (χ1v) is 18.2. The summed E-state index contributed by atoms with van der Waals surface area (Å²) in [6, 6.07) is 80.8. The molecule has 1 heteroatoms. The molecule has 0 bridgehead atoms. The Morgan fingerprint density at radius 1 is 0.226 bits per heavy atom. The molecule has 0 radical (unpaired) electrons. The van der Waals surface area contributed by atoms with Crippen molar-refractivity contribution >= 4 is 27.8 Å². The van der Waals surface area contributed by atoms with Gasteiger partial charge in [0.2, 0.25) is 0 Å². The Morgan fingerprint density at radius 3 is 1.17 bits per heavy atom. The van der Waals surface area contributed by atoms with Crippen LogP contribution in [0.4, 0.5) is 17.1 Å². The van der Waals surface area contributed by atoms with Crippen LogP contribution in [0.3, 0.4) is 0 Å². The molecular weight excluding hydrogens is 639 g/mol. The highest BCUT2D eigenvalue weighted by Crippen LogP contribution is 2.40. The quantitative estimate of drug-likeness (QED) is 0.155. The minimum Gasteiger partial charge on any atom is -0.310 e. The lowest BCUT2D eigenvalue weighted by Crippen LogP contribution is -2.10. The number of hydrogen-bond donors (Lipinski definition) is 0. The van der Waals surface area contributed by atoms with Crippen LogP contribution in [0.25, 0.3) is 66.4 Å². The smallest absolute Gasteiger partial charge is 0.0467 e. The number of hydrogen-bond acceptors (Lipinski definition) is 1. The Kier molecular flexibility index (Phi) is 8.66. The van der Waals surface area contributed by atoms with Crippen LogP contribution in [0.15, 0.2) is 224 Å². The molecule has 0 amide bonds. The van der Waals surface area contributed by atoms with E-state index in [0.717, 1.165) is 17.1 Å². The summed E-state index contributed by atoms with van der Waals surface area (Å²) in [5, 5.41) is 2.49. The van der Waals surface area contributed by atoms with Crippen LogP contribution < -0.4 is 4.90 Å². The largest absolute Gasteiger partial charge is 0.310 e. The summed E-state index contributed by atoms with van der Waals surface area (Å²) in [6.45, 7) is 0. The van der Waals surface area contributed by atoms with Crippen LogP contribution >= 0.6 is 0 Å². The van der Waals surface area contributed by atoms with E-state index in [1.165, 1.54) is 66.4 Å². The zero-order valence-corrected chi connectivity index (χ0v) is 29.3. The maximum atomic E-state index is 2.36. The molecule has 53 heavy (non-hydrogen) atoms. The molecule has 9 rings (SSSR count). The van der Waals surface area contributed by atoms with Gasteiger partial charge in [-0.15, -0.1) is 0 Å². The lowest BCUT2D eigenvalue weighted by Gasteiger charge is -2.26. The fourth-order valence-electron chi connectivity index (χ4n) is 7.36. The van der Waals surface area contributed by atoms with Crippen LogP contribution in [0.5, 0.6) is 0 Å². The van der Waals surface area contributed by atoms with Crippen molar-refractivity contribution in [3.63, 3.8) is 0 Å². The van der Waals surface area contributed by atoms with Gasteiger partial charge in [0.1, 0.15) is 0 Å². The second-order valence-electron chi connectivity index (χ2n) is 13.4. The van der Waals surface area contributed by atoms with Crippen molar-refractivity contribution in [1.82, 2.24) is 0 Å². The van der Waals surface area contributed by atoms with E-state index in [1.807, 2.05) is 0 Å². The van der Waals surface area contributed by atoms with Crippen LogP contribution in [-0.2, 0) is 0 Å². The van der Waals surface area contributed by atoms with Crippen molar-refractivity contribution in [2.45, 2.75) is 0 Å². The molecule has 0 aliphatic carbocycles. The Labute approximate surface area is 311 Å². The van der Waals surface area contributed by atoms with Crippen LogP contribution in [0.2, 0.25) is 0 Å². The number of nitrogens with zero attached hydrogens (tertiary/aromatic N) is 1. The van der Waals surface area contributed by atoms with Gasteiger partial charge in [0.05, 0.1) is 0 Å². The van der Waals surface area contributed by atoms with Gasteiger partial charge in [0, 0.05) is 17.1 Å². The first kappa shape index (κ1) is 32.0. The van der Waals surface area contributed by atoms with Crippen molar-refractivity contribution in [1.29, 1.82) is 0 Å². The molecule has 9 aromatic carbocycles. The second kappa shape index (κ2) is 14.3. The molecule has 250 valence electrons. The van der Waals surface area contributed by atoms with Gasteiger partial charge in [0.25, 0.3) is 0 Å². The Balaban J connectivity index is 1.14. The molecule has 0 spiro atoms. The first-order valence-electron chi connectivity index (χ1n) is 18.2. The predicted molar refractivity (Wildman–Crippen MR) is 226 cm³/mol. The van der Waals surface area contributed by atoms with Gasteiger partial charge in [-0.25, -0.2) is 0 Å². The third-order valence-electron chi connectivity index (χ3n) is 10.0. The molecule has 0 aromatic heterocycles. The first-order chi connectivity index (χ1) is 26.3. The van der Waals surface area contributed by atoms with Gasteiger partial charge in [-0.3, -0.25) is 0 Å². The van der Waals surface area contributed by atoms with E-state index in [1.54, 1.807) is 0 Å². The summed E-state index contributed by atoms with van der Waals surface area (Å²) in [5.74, 6) is 0. The minimum absolute atomic E-state index is 1.10. The molecule has 9 aromatic rings. The Hall–Kier alpha value is -6.96. The molecule has 0 aliphatic heterocycles. The molecule has 0 N–H and O–H groups in total. The summed E-state index contributed by atoms with van der Waals surface area (Å²) < 4.78 is 0. The third kappa shape index (κ3) is 6.65. The SMILES string of the molecule is c1ccc(-c2ccc(N(c3ccc(-c4cc(-c5ccccc5)cc(-c5ccccc5)c4)cc3)c3cccc(-c4cccc5ccccc45)c3)cc2)cc1. The van der Waals surface area contributed by atoms with E-state index in [4.69, 9.17) is 0 Å². The third-order valence-corrected chi connectivity index (χ3v) is 10.0. The topological polar surface area (TPSA) is 3.24 Å². The zero-order chi connectivity index (χ0) is 35.4. The van der Waals surface area contributed by atoms with E-state index in [2.05, 4.69) is 229 Å². The highest BCUT2D eigenvalue weighted by molar-refractivity contribution is 5.97. The highest BCUT2D eigenvalue weighted by Gasteiger charge is 2.16. The van der Waals surface area contributed by atoms with E-state index < -0.39 is 0 Å². The van der Waals surface area contributed by atoms with E-state index in [0.29, 0.717) is 0 Å². The predicted octanol–water partition coefficient (Wildman–Crippen LogP) is 14.6. The average molecular weight is 676 g/mol. The van der Waals surface area contributed by atoms with Crippen molar-refractivity contribution < 1.29 is 0 Å². The van der Waals surface area contributed by atoms with Crippen LogP contribution in [0.1, 0.15) is 0 Å². The summed E-state index contributed by atoms with van der Waals surface area (Å²) >= 11 is 0. The van der Waals surface area contributed by atoms with Crippen molar-refractivity contribution in [2.75, 3.05) is 4.90 Å². The molecule has 0 saturated carbocycles. The molecule has 0 fully saturated rings. The van der Waals surface area contributed by atoms with Crippen molar-refractivity contribution in [2.24, 2.45) is 0 Å². The van der Waals surface area contributed by atoms with E-state index >= 15 is 0 Å². The fraction of sp³-hybridized carbons (Fsp3) is 0. The maximum absolute atomic E-state index is 2.36. The standard InChI is InChI=1S/C52H37N/c1-4-14-38(15-5-1)41-26-30-48(31-27-41)53(50-23-12-22-44(37-50)52-25-13-21-43-20-10-11-24-51(43)52)49-32-28-42(29-33-49)47-35-45(39-16-6-2-7-17-39)34-46(36-47)40-18-8-3-9-19-40/h1-37H. The maximum Gasteiger partial charge on any atom is 0.0467 e. The monoisotopic (exact) mass is 675 g/mol. The molecular formula is C52H37N. The van der Waals surface area contributed by atoms with Crippen molar-refractivity contribution in [3.05, 3.63) is 224 Å². The lowest BCUT2D eigenvalue weighted by molar-refractivity contribution is 1.28. The lowest BCUT2D eigenvalue weighted by atomic mass is 9.93. The summed E-state index contributed by atoms with van der Waals surface area (Å²) in [5.41, 5.74) is 15.3. The molecule has 0 atom stereocenters. The normalized spacial score (nSPS) is 11.0. The van der Waals surface area contributed by atoms with Gasteiger partial charge < -0.3 is 4.90 Å². The van der Waals surface area contributed by atoms with E-state index in [-0.39, 0.29) is 0 Å². The summed E-state index contributed by atoms with van der Waals surface area (Å²) in [6.07, 6.45) is 0. The molecule has 0 saturated heterocycles. The van der Waals surface area contributed by atoms with Gasteiger partial charge >= 0.3 is 0 Å². The Bertz CT molecular complexity index is 2560. The zero-order valence-electron chi connectivity index (χ0n) is 29.3. The fourth-order valence-corrected chi connectivity index (χ4v) is 7.36. The average Bonchev–Trinajstić information content (AvgIpc) is 3.25. The van der Waals surface area contributed by atoms with Crippen molar-refractivity contribution in [3.8, 4) is 55.6 Å². The highest BCUT2D eigenvalue weighted by atomic mass is 15.1. The van der Waals surface area contributed by atoms with Gasteiger partial charge in [-0.05, 0) is 121 Å².